The maximum atomic E-state index is 13.5. The van der Waals surface area contributed by atoms with Crippen molar-refractivity contribution in [2.24, 2.45) is 11.7 Å². The van der Waals surface area contributed by atoms with Crippen molar-refractivity contribution in [2.75, 3.05) is 11.7 Å². The molecule has 1 saturated heterocycles. The highest BCUT2D eigenvalue weighted by Crippen LogP contribution is 2.54. The van der Waals surface area contributed by atoms with E-state index in [0.717, 1.165) is 16.7 Å². The monoisotopic (exact) mass is 422 g/mol. The Morgan fingerprint density at radius 3 is 2.63 bits per heavy atom. The van der Waals surface area contributed by atoms with E-state index in [4.69, 9.17) is 19.9 Å². The van der Waals surface area contributed by atoms with Gasteiger partial charge in [0.05, 0.1) is 22.2 Å². The normalized spacial score (nSPS) is 26.3. The van der Waals surface area contributed by atoms with Gasteiger partial charge in [-0.2, -0.15) is 0 Å². The first-order chi connectivity index (χ1) is 14.5. The molecule has 0 radical (unpaired) electrons. The van der Waals surface area contributed by atoms with Gasteiger partial charge in [-0.25, -0.2) is 9.69 Å². The summed E-state index contributed by atoms with van der Waals surface area (Å²) in [5.74, 6) is -1.31. The van der Waals surface area contributed by atoms with E-state index in [2.05, 4.69) is 0 Å². The largest absolute Gasteiger partial charge is 0.454 e. The van der Waals surface area contributed by atoms with Crippen LogP contribution in [-0.4, -0.2) is 29.8 Å². The molecule has 2 aromatic rings. The Labute approximate surface area is 174 Å². The molecule has 2 N–H and O–H groups in total. The van der Waals surface area contributed by atoms with E-state index in [0.29, 0.717) is 28.5 Å². The molecule has 4 aliphatic heterocycles. The van der Waals surface area contributed by atoms with Crippen molar-refractivity contribution in [3.05, 3.63) is 58.6 Å². The van der Waals surface area contributed by atoms with Crippen LogP contribution in [0.5, 0.6) is 17.2 Å². The van der Waals surface area contributed by atoms with Crippen LogP contribution < -0.4 is 24.8 Å². The Morgan fingerprint density at radius 1 is 0.967 bits per heavy atom. The zero-order chi connectivity index (χ0) is 20.6. The zero-order valence-corrected chi connectivity index (χ0v) is 16.2. The van der Waals surface area contributed by atoms with Crippen molar-refractivity contribution in [1.29, 1.82) is 0 Å². The molecule has 0 spiro atoms. The zero-order valence-electron chi connectivity index (χ0n) is 15.4. The molecule has 9 heteroatoms. The van der Waals surface area contributed by atoms with Gasteiger partial charge in [0.1, 0.15) is 11.0 Å². The van der Waals surface area contributed by atoms with E-state index in [1.165, 1.54) is 0 Å². The third-order valence-corrected chi connectivity index (χ3v) is 7.00. The van der Waals surface area contributed by atoms with E-state index < -0.39 is 23.1 Å². The molecule has 150 valence electrons. The van der Waals surface area contributed by atoms with Crippen LogP contribution >= 0.6 is 11.8 Å². The number of benzene rings is 2. The number of rotatable bonds is 1. The van der Waals surface area contributed by atoms with Crippen molar-refractivity contribution in [1.82, 2.24) is 0 Å². The van der Waals surface area contributed by atoms with E-state index >= 15 is 0 Å². The molecular weight excluding hydrogens is 408 g/mol. The summed E-state index contributed by atoms with van der Waals surface area (Å²) in [4.78, 5) is 40.6. The molecule has 0 saturated carbocycles. The number of carbonyl (C=O) groups is 3. The quantitative estimate of drug-likeness (QED) is 0.422. The lowest BCUT2D eigenvalue weighted by Gasteiger charge is -2.36. The van der Waals surface area contributed by atoms with Gasteiger partial charge in [0.2, 0.25) is 18.6 Å². The fourth-order valence-corrected chi connectivity index (χ4v) is 5.72. The minimum absolute atomic E-state index is 0.0898. The summed E-state index contributed by atoms with van der Waals surface area (Å²) < 4.78 is 16.1. The number of imide groups is 1. The predicted molar refractivity (Wildman–Crippen MR) is 106 cm³/mol. The number of carbonyl (C=O) groups excluding carboxylic acids is 3. The van der Waals surface area contributed by atoms with Crippen molar-refractivity contribution < 1.29 is 28.6 Å². The predicted octanol–water partition coefficient (Wildman–Crippen LogP) is 1.89. The molecule has 4 aliphatic rings. The summed E-state index contributed by atoms with van der Waals surface area (Å²) in [6.45, 7) is 0.0898. The second kappa shape index (κ2) is 6.02. The first kappa shape index (κ1) is 17.4. The number of fused-ring (bicyclic) bond motifs is 6. The Bertz CT molecular complexity index is 1190. The van der Waals surface area contributed by atoms with Gasteiger partial charge < -0.3 is 19.9 Å². The smallest absolute Gasteiger partial charge is 0.342 e. The number of ether oxygens (including phenoxy) is 3. The van der Waals surface area contributed by atoms with Crippen LogP contribution in [-0.2, 0) is 14.4 Å². The fraction of sp³-hybridized carbons (Fsp3) is 0.190. The van der Waals surface area contributed by atoms with Crippen LogP contribution in [0.25, 0.3) is 0 Å². The summed E-state index contributed by atoms with van der Waals surface area (Å²) in [6, 6.07) is 12.0. The van der Waals surface area contributed by atoms with Gasteiger partial charge in [-0.1, -0.05) is 30.0 Å². The molecule has 30 heavy (non-hydrogen) atoms. The molecule has 8 nitrogen and oxygen atoms in total. The van der Waals surface area contributed by atoms with Gasteiger partial charge in [0.15, 0.2) is 11.5 Å². The highest BCUT2D eigenvalue weighted by Gasteiger charge is 2.58. The van der Waals surface area contributed by atoms with E-state index in [1.807, 2.05) is 0 Å². The maximum absolute atomic E-state index is 13.5. The third-order valence-electron chi connectivity index (χ3n) is 5.78. The molecule has 1 fully saturated rings. The minimum atomic E-state index is -0.760. The summed E-state index contributed by atoms with van der Waals surface area (Å²) >= 11 is 1.05. The van der Waals surface area contributed by atoms with Gasteiger partial charge in [-0.05, 0) is 18.2 Å². The third kappa shape index (κ3) is 2.20. The topological polar surface area (TPSA) is 108 Å². The Balaban J connectivity index is 1.48. The first-order valence-corrected chi connectivity index (χ1v) is 10.2. The lowest BCUT2D eigenvalue weighted by atomic mass is 9.77. The highest BCUT2D eigenvalue weighted by molar-refractivity contribution is 8.04. The summed E-state index contributed by atoms with van der Waals surface area (Å²) in [7, 11) is 0. The highest BCUT2D eigenvalue weighted by atomic mass is 32.2. The number of hydrogen-bond acceptors (Lipinski definition) is 8. The van der Waals surface area contributed by atoms with E-state index in [1.54, 1.807) is 42.5 Å². The summed E-state index contributed by atoms with van der Waals surface area (Å²) in [6.07, 6.45) is 0. The average Bonchev–Trinajstić information content (AvgIpc) is 3.30. The second-order valence-corrected chi connectivity index (χ2v) is 8.48. The van der Waals surface area contributed by atoms with Gasteiger partial charge in [-0.15, -0.1) is 0 Å². The number of anilines is 1. The molecule has 6 rings (SSSR count). The SMILES string of the molecule is NC1=C2C(=O)Oc3ccccc3[C@H]2[C@H]2C(=O)N(c3ccc4c(c3)OCO4)C(=O)[C@H]2S1. The Morgan fingerprint density at radius 2 is 1.77 bits per heavy atom. The van der Waals surface area contributed by atoms with Crippen LogP contribution in [0.2, 0.25) is 0 Å². The number of nitrogens with zero attached hydrogens (tertiary/aromatic N) is 1. The fourth-order valence-electron chi connectivity index (χ4n) is 4.48. The molecule has 2 amide bonds. The van der Waals surface area contributed by atoms with Crippen LogP contribution in [0.4, 0.5) is 5.69 Å². The second-order valence-electron chi connectivity index (χ2n) is 7.30. The number of para-hydroxylation sites is 1. The molecule has 4 heterocycles. The van der Waals surface area contributed by atoms with Crippen molar-refractivity contribution in [3.63, 3.8) is 0 Å². The van der Waals surface area contributed by atoms with Gasteiger partial charge in [-0.3, -0.25) is 9.59 Å². The van der Waals surface area contributed by atoms with E-state index in [9.17, 15) is 14.4 Å². The lowest BCUT2D eigenvalue weighted by Crippen LogP contribution is -2.39. The molecule has 0 aliphatic carbocycles. The first-order valence-electron chi connectivity index (χ1n) is 9.29. The van der Waals surface area contributed by atoms with Crippen molar-refractivity contribution >= 4 is 35.2 Å². The van der Waals surface area contributed by atoms with Crippen molar-refractivity contribution in [3.8, 4) is 17.2 Å². The van der Waals surface area contributed by atoms with Crippen LogP contribution in [0.1, 0.15) is 11.5 Å². The van der Waals surface area contributed by atoms with Crippen molar-refractivity contribution in [2.45, 2.75) is 11.2 Å². The number of nitrogens with two attached hydrogens (primary N) is 1. The number of hydrogen-bond donors (Lipinski definition) is 1. The number of esters is 1. The molecule has 3 atom stereocenters. The van der Waals surface area contributed by atoms with Gasteiger partial charge in [0.25, 0.3) is 0 Å². The van der Waals surface area contributed by atoms with E-state index in [-0.39, 0.29) is 29.2 Å². The summed E-state index contributed by atoms with van der Waals surface area (Å²) in [5.41, 5.74) is 7.50. The van der Waals surface area contributed by atoms with Crippen LogP contribution in [0, 0.1) is 5.92 Å². The number of thioether (sulfide) groups is 1. The van der Waals surface area contributed by atoms with Crippen LogP contribution in [0.3, 0.4) is 0 Å². The van der Waals surface area contributed by atoms with Crippen LogP contribution in [0.15, 0.2) is 53.1 Å². The molecule has 0 aromatic heterocycles. The summed E-state index contributed by atoms with van der Waals surface area (Å²) in [5, 5.41) is -0.509. The molecule has 0 unspecified atom stereocenters. The van der Waals surface area contributed by atoms with Gasteiger partial charge in [0, 0.05) is 17.5 Å². The molecular formula is C21H14N2O6S. The average molecular weight is 422 g/mol. The molecule has 2 aromatic carbocycles. The number of amides is 2. The maximum Gasteiger partial charge on any atom is 0.342 e. The molecule has 0 bridgehead atoms. The van der Waals surface area contributed by atoms with Gasteiger partial charge >= 0.3 is 5.97 Å². The Hall–Kier alpha value is -3.46. The minimum Gasteiger partial charge on any atom is -0.454 e. The lowest BCUT2D eigenvalue weighted by molar-refractivity contribution is -0.131. The standard InChI is InChI=1S/C21H14N2O6S/c22-18-16-14(10-3-1-2-4-11(10)29-21(16)26)15-17(30-18)20(25)23(19(15)24)9-5-6-12-13(7-9)28-8-27-12/h1-7,14-15,17H,8,22H2/t14-,15+,17-/m0/s1. The Kier molecular flexibility index (Phi) is 3.49.